The van der Waals surface area contributed by atoms with Crippen LogP contribution in [0.2, 0.25) is 0 Å². The lowest BCUT2D eigenvalue weighted by Gasteiger charge is -2.13. The molecule has 82 valence electrons. The van der Waals surface area contributed by atoms with Gasteiger partial charge in [0.25, 0.3) is 0 Å². The molecule has 1 fully saturated rings. The third kappa shape index (κ3) is 4.72. The molecule has 0 saturated carbocycles. The molecule has 0 aromatic rings. The van der Waals surface area contributed by atoms with Crippen molar-refractivity contribution in [2.45, 2.75) is 18.6 Å². The van der Waals surface area contributed by atoms with Crippen molar-refractivity contribution in [3.05, 3.63) is 12.7 Å². The molecule has 1 heterocycles. The van der Waals surface area contributed by atoms with E-state index in [0.29, 0.717) is 19.8 Å². The Morgan fingerprint density at radius 1 is 1.50 bits per heavy atom. The van der Waals surface area contributed by atoms with E-state index < -0.39 is 0 Å². The SMILES string of the molecule is C=CCC(OCCOCCO)C1CO1. The van der Waals surface area contributed by atoms with E-state index in [1.54, 1.807) is 0 Å². The minimum Gasteiger partial charge on any atom is -0.394 e. The van der Waals surface area contributed by atoms with Crippen LogP contribution in [-0.2, 0) is 14.2 Å². The molecule has 0 aromatic carbocycles. The Morgan fingerprint density at radius 2 is 2.29 bits per heavy atom. The highest BCUT2D eigenvalue weighted by Gasteiger charge is 2.32. The molecule has 1 rings (SSSR count). The molecular weight excluding hydrogens is 184 g/mol. The fourth-order valence-corrected chi connectivity index (χ4v) is 1.19. The maximum absolute atomic E-state index is 8.46. The smallest absolute Gasteiger partial charge is 0.107 e. The van der Waals surface area contributed by atoms with Crippen molar-refractivity contribution >= 4 is 0 Å². The second kappa shape index (κ2) is 6.95. The van der Waals surface area contributed by atoms with Crippen molar-refractivity contribution in [3.8, 4) is 0 Å². The molecule has 0 aromatic heterocycles. The molecule has 0 radical (unpaired) electrons. The van der Waals surface area contributed by atoms with Crippen molar-refractivity contribution < 1.29 is 19.3 Å². The van der Waals surface area contributed by atoms with Gasteiger partial charge in [-0.1, -0.05) is 6.08 Å². The first-order valence-electron chi connectivity index (χ1n) is 4.91. The van der Waals surface area contributed by atoms with E-state index in [9.17, 15) is 0 Å². The van der Waals surface area contributed by atoms with E-state index in [1.165, 1.54) is 0 Å². The van der Waals surface area contributed by atoms with Gasteiger partial charge in [-0.15, -0.1) is 6.58 Å². The topological polar surface area (TPSA) is 51.2 Å². The molecule has 4 nitrogen and oxygen atoms in total. The molecule has 0 amide bonds. The molecule has 1 aliphatic heterocycles. The third-order valence-electron chi connectivity index (χ3n) is 1.97. The monoisotopic (exact) mass is 202 g/mol. The standard InChI is InChI=1S/C10H18O4/c1-2-3-9(10-8-14-10)13-7-6-12-5-4-11/h2,9-11H,1,3-8H2. The summed E-state index contributed by atoms with van der Waals surface area (Å²) in [5, 5.41) is 8.46. The summed E-state index contributed by atoms with van der Waals surface area (Å²) in [6.07, 6.45) is 3.00. The number of hydrogen-bond donors (Lipinski definition) is 1. The summed E-state index contributed by atoms with van der Waals surface area (Å²) in [7, 11) is 0. The van der Waals surface area contributed by atoms with E-state index in [2.05, 4.69) is 6.58 Å². The summed E-state index contributed by atoms with van der Waals surface area (Å²) in [4.78, 5) is 0. The van der Waals surface area contributed by atoms with Gasteiger partial charge in [-0.3, -0.25) is 0 Å². The van der Waals surface area contributed by atoms with E-state index in [4.69, 9.17) is 19.3 Å². The van der Waals surface area contributed by atoms with Gasteiger partial charge < -0.3 is 19.3 Å². The Hall–Kier alpha value is -0.420. The maximum atomic E-state index is 8.46. The van der Waals surface area contributed by atoms with Gasteiger partial charge in [-0.05, 0) is 6.42 Å². The van der Waals surface area contributed by atoms with Gasteiger partial charge in [0.15, 0.2) is 0 Å². The maximum Gasteiger partial charge on any atom is 0.107 e. The van der Waals surface area contributed by atoms with E-state index in [-0.39, 0.29) is 18.8 Å². The fourth-order valence-electron chi connectivity index (χ4n) is 1.19. The van der Waals surface area contributed by atoms with Crippen LogP contribution in [0, 0.1) is 0 Å². The van der Waals surface area contributed by atoms with Crippen LogP contribution in [0.25, 0.3) is 0 Å². The predicted octanol–water partition coefficient (Wildman–Crippen LogP) is 0.355. The van der Waals surface area contributed by atoms with Crippen LogP contribution < -0.4 is 0 Å². The highest BCUT2D eigenvalue weighted by molar-refractivity contribution is 4.85. The minimum absolute atomic E-state index is 0.0574. The molecule has 1 N–H and O–H groups in total. The summed E-state index contributed by atoms with van der Waals surface area (Å²) in [6.45, 7) is 5.94. The average molecular weight is 202 g/mol. The van der Waals surface area contributed by atoms with Crippen molar-refractivity contribution in [1.29, 1.82) is 0 Å². The van der Waals surface area contributed by atoms with Gasteiger partial charge >= 0.3 is 0 Å². The number of hydrogen-bond acceptors (Lipinski definition) is 4. The van der Waals surface area contributed by atoms with Crippen molar-refractivity contribution in [2.24, 2.45) is 0 Å². The number of aliphatic hydroxyl groups excluding tert-OH is 1. The van der Waals surface area contributed by atoms with Crippen LogP contribution in [0.1, 0.15) is 6.42 Å². The zero-order chi connectivity index (χ0) is 10.2. The van der Waals surface area contributed by atoms with Crippen LogP contribution in [-0.4, -0.2) is 50.3 Å². The zero-order valence-electron chi connectivity index (χ0n) is 8.35. The summed E-state index contributed by atoms with van der Waals surface area (Å²) in [5.74, 6) is 0. The average Bonchev–Trinajstić information content (AvgIpc) is 2.99. The lowest BCUT2D eigenvalue weighted by atomic mass is 10.2. The zero-order valence-corrected chi connectivity index (χ0v) is 8.35. The highest BCUT2D eigenvalue weighted by atomic mass is 16.6. The molecule has 2 unspecified atom stereocenters. The van der Waals surface area contributed by atoms with Crippen LogP contribution in [0.5, 0.6) is 0 Å². The Morgan fingerprint density at radius 3 is 2.86 bits per heavy atom. The summed E-state index contributed by atoms with van der Waals surface area (Å²) in [5.41, 5.74) is 0. The fraction of sp³-hybridized carbons (Fsp3) is 0.800. The van der Waals surface area contributed by atoms with Crippen LogP contribution in [0.15, 0.2) is 12.7 Å². The molecular formula is C10H18O4. The van der Waals surface area contributed by atoms with Crippen molar-refractivity contribution in [2.75, 3.05) is 33.0 Å². The molecule has 0 spiro atoms. The highest BCUT2D eigenvalue weighted by Crippen LogP contribution is 2.19. The molecule has 4 heteroatoms. The Labute approximate surface area is 84.5 Å². The number of epoxide rings is 1. The summed E-state index contributed by atoms with van der Waals surface area (Å²) < 4.78 is 15.8. The first-order valence-corrected chi connectivity index (χ1v) is 4.91. The van der Waals surface area contributed by atoms with Gasteiger partial charge in [0.1, 0.15) is 6.10 Å². The van der Waals surface area contributed by atoms with E-state index >= 15 is 0 Å². The minimum atomic E-state index is 0.0574. The lowest BCUT2D eigenvalue weighted by Crippen LogP contribution is -2.21. The molecule has 1 aliphatic rings. The van der Waals surface area contributed by atoms with Crippen LogP contribution in [0.3, 0.4) is 0 Å². The Balaban J connectivity index is 1.98. The van der Waals surface area contributed by atoms with Crippen LogP contribution >= 0.6 is 0 Å². The van der Waals surface area contributed by atoms with E-state index in [1.807, 2.05) is 6.08 Å². The quantitative estimate of drug-likeness (QED) is 0.333. The Kier molecular flexibility index (Phi) is 5.78. The van der Waals surface area contributed by atoms with Crippen molar-refractivity contribution in [1.82, 2.24) is 0 Å². The molecule has 0 bridgehead atoms. The lowest BCUT2D eigenvalue weighted by molar-refractivity contribution is -0.0110. The third-order valence-corrected chi connectivity index (χ3v) is 1.97. The molecule has 1 saturated heterocycles. The normalized spacial score (nSPS) is 21.9. The van der Waals surface area contributed by atoms with Gasteiger partial charge in [-0.25, -0.2) is 0 Å². The number of ether oxygens (including phenoxy) is 3. The summed E-state index contributed by atoms with van der Waals surface area (Å²) >= 11 is 0. The summed E-state index contributed by atoms with van der Waals surface area (Å²) in [6, 6.07) is 0. The van der Waals surface area contributed by atoms with Gasteiger partial charge in [0, 0.05) is 0 Å². The second-order valence-corrected chi connectivity index (χ2v) is 3.14. The predicted molar refractivity (Wildman–Crippen MR) is 52.2 cm³/mol. The number of aliphatic hydroxyl groups is 1. The molecule has 0 aliphatic carbocycles. The van der Waals surface area contributed by atoms with Gasteiger partial charge in [0.05, 0.1) is 39.1 Å². The largest absolute Gasteiger partial charge is 0.394 e. The molecule has 2 atom stereocenters. The first kappa shape index (κ1) is 11.7. The molecule has 14 heavy (non-hydrogen) atoms. The van der Waals surface area contributed by atoms with Crippen LogP contribution in [0.4, 0.5) is 0 Å². The Bertz CT molecular complexity index is 156. The number of rotatable bonds is 9. The van der Waals surface area contributed by atoms with Gasteiger partial charge in [0.2, 0.25) is 0 Å². The first-order chi connectivity index (χ1) is 6.88. The van der Waals surface area contributed by atoms with Crippen molar-refractivity contribution in [3.63, 3.8) is 0 Å². The second-order valence-electron chi connectivity index (χ2n) is 3.14. The van der Waals surface area contributed by atoms with Gasteiger partial charge in [-0.2, -0.15) is 0 Å². The van der Waals surface area contributed by atoms with E-state index in [0.717, 1.165) is 13.0 Å².